The maximum atomic E-state index is 13.1. The second-order valence-corrected chi connectivity index (χ2v) is 29.6. The molecule has 96 heavy (non-hydrogen) atoms. The van der Waals surface area contributed by atoms with E-state index in [4.69, 9.17) is 37.0 Å². The second kappa shape index (κ2) is 70.7. The summed E-state index contributed by atoms with van der Waals surface area (Å²) in [6, 6.07) is 0. The monoisotopic (exact) mass is 1400 g/mol. The van der Waals surface area contributed by atoms with Gasteiger partial charge in [0, 0.05) is 25.7 Å². The van der Waals surface area contributed by atoms with E-state index in [0.29, 0.717) is 25.7 Å². The predicted octanol–water partition coefficient (Wildman–Crippen LogP) is 22.3. The maximum absolute atomic E-state index is 13.1. The molecule has 0 aliphatic rings. The fourth-order valence-electron chi connectivity index (χ4n) is 11.0. The highest BCUT2D eigenvalue weighted by atomic mass is 31.2. The van der Waals surface area contributed by atoms with Crippen molar-refractivity contribution in [2.24, 2.45) is 0 Å². The van der Waals surface area contributed by atoms with Crippen LogP contribution in [0.1, 0.15) is 374 Å². The molecule has 0 aliphatic carbocycles. The average Bonchev–Trinajstić information content (AvgIpc) is 1.18. The molecule has 0 aromatic heterocycles. The first kappa shape index (κ1) is 93.3. The molecule has 0 saturated carbocycles. The third-order valence-electron chi connectivity index (χ3n) is 17.1. The van der Waals surface area contributed by atoms with Gasteiger partial charge in [0.15, 0.2) is 12.2 Å². The van der Waals surface area contributed by atoms with Crippen LogP contribution in [-0.4, -0.2) is 96.7 Å². The van der Waals surface area contributed by atoms with E-state index in [-0.39, 0.29) is 25.7 Å². The van der Waals surface area contributed by atoms with Crippen molar-refractivity contribution >= 4 is 39.5 Å². The van der Waals surface area contributed by atoms with Crippen molar-refractivity contribution in [1.82, 2.24) is 0 Å². The summed E-state index contributed by atoms with van der Waals surface area (Å²) in [5.74, 6) is -2.16. The van der Waals surface area contributed by atoms with E-state index in [9.17, 15) is 43.2 Å². The number of phosphoric acid groups is 2. The fraction of sp³-hybridized carbons (Fsp3) is 0.870. The molecule has 0 amide bonds. The van der Waals surface area contributed by atoms with Crippen LogP contribution in [0.15, 0.2) is 36.5 Å². The van der Waals surface area contributed by atoms with Crippen LogP contribution in [0.2, 0.25) is 0 Å². The van der Waals surface area contributed by atoms with Gasteiger partial charge in [-0.1, -0.05) is 282 Å². The van der Waals surface area contributed by atoms with Gasteiger partial charge >= 0.3 is 39.5 Å². The van der Waals surface area contributed by atoms with Crippen LogP contribution >= 0.6 is 15.6 Å². The van der Waals surface area contributed by atoms with Crippen molar-refractivity contribution in [2.45, 2.75) is 393 Å². The van der Waals surface area contributed by atoms with Crippen LogP contribution in [0, 0.1) is 0 Å². The minimum Gasteiger partial charge on any atom is -0.462 e. The highest BCUT2D eigenvalue weighted by Gasteiger charge is 2.30. The molecule has 0 spiro atoms. The van der Waals surface area contributed by atoms with Crippen LogP contribution in [0.3, 0.4) is 0 Å². The molecule has 3 N–H and O–H groups in total. The van der Waals surface area contributed by atoms with Gasteiger partial charge in [-0.05, 0) is 103 Å². The molecule has 564 valence electrons. The number of phosphoric ester groups is 2. The molecule has 0 aromatic carbocycles. The Morgan fingerprint density at radius 2 is 0.479 bits per heavy atom. The van der Waals surface area contributed by atoms with Crippen molar-refractivity contribution in [1.29, 1.82) is 0 Å². The van der Waals surface area contributed by atoms with Gasteiger partial charge in [-0.2, -0.15) is 0 Å². The zero-order valence-corrected chi connectivity index (χ0v) is 63.4. The van der Waals surface area contributed by atoms with Crippen molar-refractivity contribution in [3.05, 3.63) is 36.5 Å². The third kappa shape index (κ3) is 69.7. The highest BCUT2D eigenvalue weighted by Crippen LogP contribution is 2.45. The van der Waals surface area contributed by atoms with Crippen molar-refractivity contribution in [2.75, 3.05) is 39.6 Å². The van der Waals surface area contributed by atoms with Gasteiger partial charge in [-0.3, -0.25) is 37.3 Å². The number of rotatable bonds is 75. The lowest BCUT2D eigenvalue weighted by Crippen LogP contribution is -2.30. The van der Waals surface area contributed by atoms with Crippen LogP contribution < -0.4 is 0 Å². The van der Waals surface area contributed by atoms with Crippen molar-refractivity contribution < 1.29 is 80.2 Å². The van der Waals surface area contributed by atoms with E-state index in [0.717, 1.165) is 135 Å². The quantitative estimate of drug-likeness (QED) is 0.0169. The van der Waals surface area contributed by atoms with Crippen LogP contribution in [0.25, 0.3) is 0 Å². The molecule has 2 unspecified atom stereocenters. The lowest BCUT2D eigenvalue weighted by Gasteiger charge is -2.21. The Morgan fingerprint density at radius 3 is 0.729 bits per heavy atom. The van der Waals surface area contributed by atoms with Gasteiger partial charge < -0.3 is 33.8 Å². The summed E-state index contributed by atoms with van der Waals surface area (Å²) in [6.45, 7) is 4.90. The third-order valence-corrected chi connectivity index (χ3v) is 19.0. The molecule has 0 fully saturated rings. The predicted molar refractivity (Wildman–Crippen MR) is 391 cm³/mol. The molecule has 0 heterocycles. The zero-order chi connectivity index (χ0) is 70.4. The molecule has 0 saturated heterocycles. The SMILES string of the molecule is CCCCCC/C=C\CCCCCCCC(=O)OC[C@H](COP(=O)(O)OC[C@H](O)COP(=O)(O)OC[C@@H](COC(=O)CCCCCCCCCCCCCCC)OC(=O)CCCCCCC/C=C\CCCCCCCC)OC(=O)CCCCCCC/C=C\CCCCCCCC. The topological polar surface area (TPSA) is 237 Å². The van der Waals surface area contributed by atoms with E-state index in [2.05, 4.69) is 64.2 Å². The molecular weight excluding hydrogens is 1260 g/mol. The lowest BCUT2D eigenvalue weighted by atomic mass is 10.0. The minimum atomic E-state index is -4.97. The number of hydrogen-bond acceptors (Lipinski definition) is 15. The average molecular weight is 1400 g/mol. The van der Waals surface area contributed by atoms with Crippen molar-refractivity contribution in [3.63, 3.8) is 0 Å². The molecule has 0 bridgehead atoms. The molecule has 19 heteroatoms. The number of hydrogen-bond donors (Lipinski definition) is 3. The molecule has 0 aromatic rings. The smallest absolute Gasteiger partial charge is 0.462 e. The molecule has 0 aliphatic heterocycles. The number of allylic oxidation sites excluding steroid dienone is 6. The van der Waals surface area contributed by atoms with Crippen molar-refractivity contribution in [3.8, 4) is 0 Å². The summed E-state index contributed by atoms with van der Waals surface area (Å²) in [7, 11) is -9.93. The zero-order valence-electron chi connectivity index (χ0n) is 61.6. The van der Waals surface area contributed by atoms with E-state index in [1.807, 2.05) is 0 Å². The van der Waals surface area contributed by atoms with Gasteiger partial charge in [-0.25, -0.2) is 9.13 Å². The number of aliphatic hydroxyl groups excluding tert-OH is 1. The van der Waals surface area contributed by atoms with E-state index >= 15 is 0 Å². The van der Waals surface area contributed by atoms with E-state index < -0.39 is 97.5 Å². The molecule has 0 rings (SSSR count). The summed E-state index contributed by atoms with van der Waals surface area (Å²) in [5.41, 5.74) is 0. The van der Waals surface area contributed by atoms with Gasteiger partial charge in [0.05, 0.1) is 26.4 Å². The number of esters is 4. The number of unbranched alkanes of at least 4 members (excludes halogenated alkanes) is 43. The van der Waals surface area contributed by atoms with E-state index in [1.54, 1.807) is 0 Å². The minimum absolute atomic E-state index is 0.0895. The normalized spacial score (nSPS) is 14.1. The summed E-state index contributed by atoms with van der Waals surface area (Å²) >= 11 is 0. The Bertz CT molecular complexity index is 1970. The number of carbonyl (C=O) groups is 4. The molecular formula is C77H144O17P2. The number of carbonyl (C=O) groups excluding carboxylic acids is 4. The summed E-state index contributed by atoms with van der Waals surface area (Å²) in [5, 5.41) is 10.6. The summed E-state index contributed by atoms with van der Waals surface area (Å²) in [4.78, 5) is 72.8. The van der Waals surface area contributed by atoms with Gasteiger partial charge in [0.1, 0.15) is 19.3 Å². The summed E-state index contributed by atoms with van der Waals surface area (Å²) in [6.07, 6.45) is 65.5. The summed E-state index contributed by atoms with van der Waals surface area (Å²) < 4.78 is 68.5. The Labute approximate surface area is 585 Å². The van der Waals surface area contributed by atoms with Crippen LogP contribution in [-0.2, 0) is 65.4 Å². The number of aliphatic hydroxyl groups is 1. The Kier molecular flexibility index (Phi) is 68.7. The highest BCUT2D eigenvalue weighted by molar-refractivity contribution is 7.47. The Morgan fingerprint density at radius 1 is 0.281 bits per heavy atom. The van der Waals surface area contributed by atoms with Gasteiger partial charge in [0.25, 0.3) is 0 Å². The Hall–Kier alpha value is -2.72. The maximum Gasteiger partial charge on any atom is 0.472 e. The first-order chi connectivity index (χ1) is 46.7. The standard InChI is InChI=1S/C77H144O17P2/c1-5-9-13-17-21-25-29-33-35-39-43-47-51-55-59-63-76(81)93-72(67-87-74(79)61-57-53-49-45-41-37-31-27-23-19-15-11-7-3)69-91-95(83,84)89-65-71(78)66-90-96(85,86)92-70-73(68-88-75(80)62-58-54-50-46-42-38-32-28-24-20-16-12-8-4)94-77(82)64-60-56-52-48-44-40-36-34-30-26-22-18-14-10-6-2/h27,31,33-36,71-73,78H,5-26,28-30,32,37-70H2,1-4H3,(H,83,84)(H,85,86)/b31-27-,35-33-,36-34-/t71-,72+,73+/m0/s1. The first-order valence-corrected chi connectivity index (χ1v) is 42.2. The number of ether oxygens (including phenoxy) is 4. The lowest BCUT2D eigenvalue weighted by molar-refractivity contribution is -0.161. The van der Waals surface area contributed by atoms with Gasteiger partial charge in [-0.15, -0.1) is 0 Å². The fourth-order valence-corrected chi connectivity index (χ4v) is 12.6. The molecule has 5 atom stereocenters. The largest absolute Gasteiger partial charge is 0.472 e. The van der Waals surface area contributed by atoms with Crippen LogP contribution in [0.5, 0.6) is 0 Å². The van der Waals surface area contributed by atoms with Crippen LogP contribution in [0.4, 0.5) is 0 Å². The van der Waals surface area contributed by atoms with E-state index in [1.165, 1.54) is 161 Å². The molecule has 17 nitrogen and oxygen atoms in total. The second-order valence-electron chi connectivity index (χ2n) is 26.7. The first-order valence-electron chi connectivity index (χ1n) is 39.2. The molecule has 0 radical (unpaired) electrons. The Balaban J connectivity index is 5.32. The van der Waals surface area contributed by atoms with Gasteiger partial charge in [0.2, 0.25) is 0 Å².